The Hall–Kier alpha value is -5.81. The predicted octanol–water partition coefficient (Wildman–Crippen LogP) is 6.06. The molecular weight excluding hydrogens is 639 g/mol. The first-order valence-electron chi connectivity index (χ1n) is 15.5. The van der Waals surface area contributed by atoms with Crippen LogP contribution in [-0.4, -0.2) is 62.3 Å². The number of nitriles is 1. The Balaban J connectivity index is 1.25. The minimum Gasteiger partial charge on any atom is -0.445 e. The lowest BCUT2D eigenvalue weighted by Gasteiger charge is -2.34. The molecule has 11 nitrogen and oxygen atoms in total. The number of urea groups is 1. The van der Waals surface area contributed by atoms with Crippen LogP contribution in [-0.2, 0) is 17.5 Å². The number of rotatable bonds is 6. The Kier molecular flexibility index (Phi) is 9.28. The Morgan fingerprint density at radius 1 is 1.00 bits per heavy atom. The number of allylic oxidation sites excluding steroid dienone is 1. The summed E-state index contributed by atoms with van der Waals surface area (Å²) >= 11 is 0. The molecule has 0 radical (unpaired) electrons. The number of benzene rings is 3. The van der Waals surface area contributed by atoms with Crippen molar-refractivity contribution in [3.8, 4) is 11.8 Å². The largest absolute Gasteiger partial charge is 0.445 e. The second-order valence-corrected chi connectivity index (χ2v) is 11.6. The summed E-state index contributed by atoms with van der Waals surface area (Å²) in [4.78, 5) is 30.6. The van der Waals surface area contributed by atoms with Crippen molar-refractivity contribution in [2.24, 2.45) is 0 Å². The summed E-state index contributed by atoms with van der Waals surface area (Å²) in [6.45, 7) is 2.39. The summed E-state index contributed by atoms with van der Waals surface area (Å²) < 4.78 is 48.0. The third-order valence-corrected chi connectivity index (χ3v) is 8.49. The minimum absolute atomic E-state index is 0.0272. The highest BCUT2D eigenvalue weighted by atomic mass is 19.4. The fraction of sp³-hybridized carbons (Fsp3) is 0.257. The smallest absolute Gasteiger partial charge is 0.416 e. The summed E-state index contributed by atoms with van der Waals surface area (Å²) in [5, 5.41) is 28.2. The van der Waals surface area contributed by atoms with Gasteiger partial charge in [0.15, 0.2) is 0 Å². The number of hydrogen-bond donors (Lipinski definition) is 2. The maximum atomic E-state index is 14.0. The molecule has 3 aromatic carbocycles. The van der Waals surface area contributed by atoms with Gasteiger partial charge in [-0.05, 0) is 73.9 Å². The maximum Gasteiger partial charge on any atom is 0.416 e. The Morgan fingerprint density at radius 2 is 1.71 bits per heavy atom. The number of carbonyl (C=O) groups is 2. The predicted molar refractivity (Wildman–Crippen MR) is 172 cm³/mol. The molecule has 2 N–H and O–H groups in total. The molecule has 49 heavy (non-hydrogen) atoms. The van der Waals surface area contributed by atoms with E-state index in [4.69, 9.17) is 4.74 Å². The van der Waals surface area contributed by atoms with Gasteiger partial charge in [-0.25, -0.2) is 19.2 Å². The number of ether oxygens (including phenoxy) is 1. The molecule has 0 bridgehead atoms. The summed E-state index contributed by atoms with van der Waals surface area (Å²) in [7, 11) is 0. The van der Waals surface area contributed by atoms with E-state index in [1.54, 1.807) is 42.2 Å². The van der Waals surface area contributed by atoms with Gasteiger partial charge < -0.3 is 20.1 Å². The van der Waals surface area contributed by atoms with E-state index >= 15 is 0 Å². The van der Waals surface area contributed by atoms with Crippen molar-refractivity contribution in [2.45, 2.75) is 44.9 Å². The molecule has 2 aliphatic heterocycles. The number of nitrogens with one attached hydrogen (secondary N) is 1. The first-order chi connectivity index (χ1) is 23.5. The number of amides is 3. The molecular formula is C35H32F3N7O4. The van der Waals surface area contributed by atoms with E-state index < -0.39 is 30.2 Å². The van der Waals surface area contributed by atoms with Crippen LogP contribution in [0.5, 0.6) is 0 Å². The first-order valence-corrected chi connectivity index (χ1v) is 15.5. The monoisotopic (exact) mass is 671 g/mol. The van der Waals surface area contributed by atoms with Gasteiger partial charge in [-0.1, -0.05) is 36.4 Å². The number of aromatic nitrogens is 2. The summed E-state index contributed by atoms with van der Waals surface area (Å²) in [6.07, 6.45) is -4.48. The van der Waals surface area contributed by atoms with E-state index in [0.717, 1.165) is 22.6 Å². The van der Waals surface area contributed by atoms with Gasteiger partial charge in [-0.3, -0.25) is 4.90 Å². The molecule has 0 aliphatic carbocycles. The van der Waals surface area contributed by atoms with Crippen LogP contribution >= 0.6 is 0 Å². The lowest BCUT2D eigenvalue weighted by Crippen LogP contribution is -2.53. The molecule has 1 unspecified atom stereocenters. The topological polar surface area (TPSA) is 127 Å². The van der Waals surface area contributed by atoms with Crippen molar-refractivity contribution in [2.75, 3.05) is 18.0 Å². The van der Waals surface area contributed by atoms with E-state index in [1.807, 2.05) is 30.3 Å². The molecule has 1 saturated heterocycles. The number of alkyl halides is 3. The zero-order chi connectivity index (χ0) is 34.7. The van der Waals surface area contributed by atoms with Crippen LogP contribution in [0.25, 0.3) is 11.4 Å². The zero-order valence-electron chi connectivity index (χ0n) is 26.3. The van der Waals surface area contributed by atoms with Crippen LogP contribution in [0.4, 0.5) is 28.4 Å². The molecule has 14 heteroatoms. The number of aliphatic hydroxyl groups is 1. The van der Waals surface area contributed by atoms with Crippen molar-refractivity contribution in [1.82, 2.24) is 24.9 Å². The van der Waals surface area contributed by atoms with Gasteiger partial charge in [0.1, 0.15) is 6.61 Å². The number of halogens is 3. The lowest BCUT2D eigenvalue weighted by atomic mass is 10.1. The van der Waals surface area contributed by atoms with Gasteiger partial charge in [0.2, 0.25) is 6.35 Å². The quantitative estimate of drug-likeness (QED) is 0.255. The Morgan fingerprint density at radius 3 is 2.39 bits per heavy atom. The average Bonchev–Trinajstić information content (AvgIpc) is 3.69. The Bertz CT molecular complexity index is 1900. The summed E-state index contributed by atoms with van der Waals surface area (Å²) in [5.74, 6) is 0. The third-order valence-electron chi connectivity index (χ3n) is 8.49. The molecule has 2 aliphatic rings. The highest BCUT2D eigenvalue weighted by Crippen LogP contribution is 2.41. The number of carbonyl (C=O) groups excluding carboxylic acids is 2. The van der Waals surface area contributed by atoms with Crippen LogP contribution in [0.3, 0.4) is 0 Å². The number of piperidine rings is 1. The maximum absolute atomic E-state index is 14.0. The van der Waals surface area contributed by atoms with E-state index in [1.165, 1.54) is 27.9 Å². The van der Waals surface area contributed by atoms with Crippen molar-refractivity contribution in [3.63, 3.8) is 0 Å². The second kappa shape index (κ2) is 13.7. The van der Waals surface area contributed by atoms with Gasteiger partial charge in [-0.15, -0.1) is 0 Å². The van der Waals surface area contributed by atoms with Crippen molar-refractivity contribution in [3.05, 3.63) is 119 Å². The van der Waals surface area contributed by atoms with E-state index in [9.17, 15) is 33.1 Å². The molecule has 0 spiro atoms. The molecule has 1 atom stereocenters. The molecule has 252 valence electrons. The fourth-order valence-electron chi connectivity index (χ4n) is 5.99. The van der Waals surface area contributed by atoms with Crippen LogP contribution in [0.1, 0.15) is 42.1 Å². The normalized spacial score (nSPS) is 16.9. The van der Waals surface area contributed by atoms with Gasteiger partial charge in [-0.2, -0.15) is 23.5 Å². The molecule has 0 saturated carbocycles. The lowest BCUT2D eigenvalue weighted by molar-refractivity contribution is -0.137. The molecule has 3 heterocycles. The molecule has 1 aromatic heterocycles. The number of aliphatic hydroxyl groups excluding tert-OH is 1. The SMILES string of the molecule is CC1=C(c2ccnn2-c2ccc(C#N)cc2)N(C(=O)NC2CCN(C(=O)OCc3ccccc3)CC2)C(O)N1c1cccc(C(F)(F)F)c1. The van der Waals surface area contributed by atoms with Crippen molar-refractivity contribution < 1.29 is 32.6 Å². The Labute approximate surface area is 280 Å². The first kappa shape index (κ1) is 33.1. The van der Waals surface area contributed by atoms with Crippen LogP contribution in [0.15, 0.2) is 96.8 Å². The number of likely N-dealkylation sites (tertiary alicyclic amines) is 1. The summed E-state index contributed by atoms with van der Waals surface area (Å²) in [5.41, 5.74) is 1.85. The molecule has 4 aromatic rings. The summed E-state index contributed by atoms with van der Waals surface area (Å²) in [6, 6.07) is 23.0. The highest BCUT2D eigenvalue weighted by Gasteiger charge is 2.43. The molecule has 3 amide bonds. The standard InChI is InChI=1S/C35H32F3N7O4/c1-23-31(30-14-17-40-45(30)28-12-10-24(21-39)11-13-28)44(33(47)43(23)29-9-5-8-26(20-29)35(36,37)38)32(46)41-27-15-18-42(19-16-27)34(48)49-22-25-6-3-2-4-7-25/h2-14,17,20,27,33,47H,15-16,18-19,22H2,1H3,(H,41,46). The zero-order valence-corrected chi connectivity index (χ0v) is 26.3. The van der Waals surface area contributed by atoms with E-state index in [2.05, 4.69) is 16.5 Å². The van der Waals surface area contributed by atoms with Crippen LogP contribution < -0.4 is 10.2 Å². The number of nitrogens with zero attached hydrogens (tertiary/aromatic N) is 6. The van der Waals surface area contributed by atoms with Gasteiger partial charge in [0.25, 0.3) is 0 Å². The minimum atomic E-state index is -4.63. The van der Waals surface area contributed by atoms with Crippen molar-refractivity contribution >= 4 is 23.5 Å². The van der Waals surface area contributed by atoms with E-state index in [0.29, 0.717) is 48.6 Å². The average molecular weight is 672 g/mol. The fourth-order valence-corrected chi connectivity index (χ4v) is 5.99. The van der Waals surface area contributed by atoms with Gasteiger partial charge >= 0.3 is 18.3 Å². The second-order valence-electron chi connectivity index (χ2n) is 11.6. The number of anilines is 1. The third kappa shape index (κ3) is 6.93. The molecule has 1 fully saturated rings. The molecule has 6 rings (SSSR count). The van der Waals surface area contributed by atoms with E-state index in [-0.39, 0.29) is 24.0 Å². The highest BCUT2D eigenvalue weighted by molar-refractivity contribution is 5.90. The number of hydrogen-bond acceptors (Lipinski definition) is 7. The van der Waals surface area contributed by atoms with Gasteiger partial charge in [0, 0.05) is 30.5 Å². The van der Waals surface area contributed by atoms with Crippen molar-refractivity contribution in [1.29, 1.82) is 5.26 Å². The van der Waals surface area contributed by atoms with Crippen LogP contribution in [0, 0.1) is 11.3 Å². The van der Waals surface area contributed by atoms with Gasteiger partial charge in [0.05, 0.1) is 40.5 Å². The van der Waals surface area contributed by atoms with Crippen LogP contribution in [0.2, 0.25) is 0 Å².